The second-order valence-electron chi connectivity index (χ2n) is 7.54. The minimum Gasteiger partial charge on any atom is -0.321 e. The molecule has 1 fully saturated rings. The second-order valence-corrected chi connectivity index (χ2v) is 7.95. The quantitative estimate of drug-likeness (QED) is 0.541. The number of likely N-dealkylation sites (N-methyl/N-ethyl adjacent to an activating group) is 1. The normalized spacial score (nSPS) is 21.0. The summed E-state index contributed by atoms with van der Waals surface area (Å²) < 4.78 is 0. The molecule has 2 aromatic carbocycles. The molecule has 2 N–H and O–H groups in total. The molecule has 2 heterocycles. The van der Waals surface area contributed by atoms with Gasteiger partial charge in [0.2, 0.25) is 5.96 Å². The molecule has 2 unspecified atom stereocenters. The number of nitrogens with one attached hydrogen (secondary N) is 2. The molecule has 0 saturated carbocycles. The summed E-state index contributed by atoms with van der Waals surface area (Å²) in [6.45, 7) is 2.19. The fraction of sp³-hybridized carbons (Fsp3) is 0.217. The van der Waals surface area contributed by atoms with Crippen molar-refractivity contribution >= 4 is 41.3 Å². The molecule has 2 aromatic rings. The third kappa shape index (κ3) is 4.50. The van der Waals surface area contributed by atoms with E-state index >= 15 is 0 Å². The summed E-state index contributed by atoms with van der Waals surface area (Å²) >= 11 is 6.35. The lowest BCUT2D eigenvalue weighted by atomic mass is 10.1. The third-order valence-electron chi connectivity index (χ3n) is 5.31. The van der Waals surface area contributed by atoms with Crippen LogP contribution in [0.25, 0.3) is 6.08 Å². The standard InChI is InChI=1S/C23H23ClN6O2/c1-15(12-13-16-8-4-3-5-9-16)27-28-22-25-20-19(21(31)26-23(32)29(20)2)30(22)14-17-10-6-7-11-18(17)24/h3-13,19-20H,14H2,1-2H3,(H,25,28)(H,26,31,32)/b13-12+,27-15-. The molecular weight excluding hydrogens is 428 g/mol. The number of fused-ring (bicyclic) bond motifs is 1. The van der Waals surface area contributed by atoms with Crippen molar-refractivity contribution in [2.75, 3.05) is 7.05 Å². The summed E-state index contributed by atoms with van der Waals surface area (Å²) in [4.78, 5) is 32.5. The van der Waals surface area contributed by atoms with E-state index in [0.29, 0.717) is 17.5 Å². The SMILES string of the molecule is CC(/C=C/c1ccccc1)=N/NC1=NC2C(C(=O)NC(=O)N2C)N1Cc1ccccc1Cl. The largest absolute Gasteiger partial charge is 0.325 e. The Balaban J connectivity index is 1.58. The summed E-state index contributed by atoms with van der Waals surface area (Å²) in [5, 5.41) is 7.37. The zero-order valence-electron chi connectivity index (χ0n) is 17.7. The number of carbonyl (C=O) groups is 2. The number of allylic oxidation sites excluding steroid dienone is 1. The van der Waals surface area contributed by atoms with Crippen LogP contribution in [0.2, 0.25) is 5.02 Å². The molecule has 2 atom stereocenters. The predicted molar refractivity (Wildman–Crippen MR) is 125 cm³/mol. The van der Waals surface area contributed by atoms with E-state index in [1.165, 1.54) is 4.90 Å². The van der Waals surface area contributed by atoms with Crippen LogP contribution in [0, 0.1) is 0 Å². The van der Waals surface area contributed by atoms with Gasteiger partial charge in [-0.1, -0.05) is 66.2 Å². The number of urea groups is 1. The number of hydrogen-bond acceptors (Lipinski definition) is 6. The van der Waals surface area contributed by atoms with Gasteiger partial charge < -0.3 is 9.80 Å². The summed E-state index contributed by atoms with van der Waals surface area (Å²) in [6, 6.07) is 16.1. The first-order valence-corrected chi connectivity index (χ1v) is 10.5. The molecule has 1 saturated heterocycles. The van der Waals surface area contributed by atoms with Crippen LogP contribution in [-0.2, 0) is 11.3 Å². The van der Waals surface area contributed by atoms with Crippen molar-refractivity contribution in [3.8, 4) is 0 Å². The van der Waals surface area contributed by atoms with Crippen LogP contribution in [-0.4, -0.2) is 52.7 Å². The van der Waals surface area contributed by atoms with Crippen molar-refractivity contribution in [1.82, 2.24) is 20.5 Å². The van der Waals surface area contributed by atoms with Gasteiger partial charge in [0.15, 0.2) is 12.2 Å². The van der Waals surface area contributed by atoms with Crippen LogP contribution in [0.4, 0.5) is 4.79 Å². The highest BCUT2D eigenvalue weighted by Crippen LogP contribution is 2.27. The molecule has 2 aliphatic heterocycles. The average Bonchev–Trinajstić information content (AvgIpc) is 3.16. The van der Waals surface area contributed by atoms with Crippen molar-refractivity contribution in [3.05, 3.63) is 76.8 Å². The smallest absolute Gasteiger partial charge is 0.321 e. The minimum absolute atomic E-state index is 0.330. The maximum absolute atomic E-state index is 12.7. The Labute approximate surface area is 191 Å². The van der Waals surface area contributed by atoms with Gasteiger partial charge in [-0.3, -0.25) is 10.1 Å². The van der Waals surface area contributed by atoms with Crippen molar-refractivity contribution in [1.29, 1.82) is 0 Å². The number of rotatable bonds is 5. The summed E-state index contributed by atoms with van der Waals surface area (Å²) in [7, 11) is 1.61. The minimum atomic E-state index is -0.688. The highest BCUT2D eigenvalue weighted by molar-refractivity contribution is 6.31. The lowest BCUT2D eigenvalue weighted by Crippen LogP contribution is -2.63. The van der Waals surface area contributed by atoms with Gasteiger partial charge in [0, 0.05) is 18.6 Å². The number of carbonyl (C=O) groups excluding carboxylic acids is 2. The first-order chi connectivity index (χ1) is 15.4. The molecule has 9 heteroatoms. The Morgan fingerprint density at radius 1 is 1.19 bits per heavy atom. The number of nitrogens with zero attached hydrogens (tertiary/aromatic N) is 4. The van der Waals surface area contributed by atoms with Crippen LogP contribution in [0.15, 0.2) is 70.8 Å². The Bertz CT molecular complexity index is 1110. The monoisotopic (exact) mass is 450 g/mol. The molecule has 8 nitrogen and oxygen atoms in total. The summed E-state index contributed by atoms with van der Waals surface area (Å²) in [5.41, 5.74) is 5.59. The van der Waals surface area contributed by atoms with Crippen molar-refractivity contribution in [2.24, 2.45) is 10.1 Å². The third-order valence-corrected chi connectivity index (χ3v) is 5.68. The van der Waals surface area contributed by atoms with E-state index in [4.69, 9.17) is 11.6 Å². The molecule has 2 aliphatic rings. The fourth-order valence-corrected chi connectivity index (χ4v) is 3.75. The van der Waals surface area contributed by atoms with Crippen LogP contribution < -0.4 is 10.7 Å². The topological polar surface area (TPSA) is 89.4 Å². The van der Waals surface area contributed by atoms with Gasteiger partial charge in [-0.05, 0) is 30.2 Å². The second kappa shape index (κ2) is 9.23. The van der Waals surface area contributed by atoms with E-state index in [0.717, 1.165) is 16.8 Å². The Morgan fingerprint density at radius 2 is 1.91 bits per heavy atom. The average molecular weight is 451 g/mol. The van der Waals surface area contributed by atoms with Crippen LogP contribution >= 0.6 is 11.6 Å². The zero-order valence-corrected chi connectivity index (χ0v) is 18.5. The van der Waals surface area contributed by atoms with Gasteiger partial charge in [0.05, 0.1) is 5.71 Å². The van der Waals surface area contributed by atoms with Crippen molar-refractivity contribution in [3.63, 3.8) is 0 Å². The number of aliphatic imine (C=N–C) groups is 1. The lowest BCUT2D eigenvalue weighted by Gasteiger charge is -2.36. The van der Waals surface area contributed by atoms with E-state index in [1.54, 1.807) is 18.0 Å². The Morgan fingerprint density at radius 3 is 2.66 bits per heavy atom. The van der Waals surface area contributed by atoms with E-state index in [-0.39, 0.29) is 0 Å². The van der Waals surface area contributed by atoms with Crippen LogP contribution in [0.1, 0.15) is 18.1 Å². The number of guanidine groups is 1. The highest BCUT2D eigenvalue weighted by atomic mass is 35.5. The molecule has 0 bridgehead atoms. The van der Waals surface area contributed by atoms with E-state index in [2.05, 4.69) is 20.8 Å². The molecule has 3 amide bonds. The molecule has 0 spiro atoms. The van der Waals surface area contributed by atoms with E-state index < -0.39 is 24.1 Å². The van der Waals surface area contributed by atoms with Gasteiger partial charge in [-0.2, -0.15) is 5.10 Å². The maximum atomic E-state index is 12.7. The number of amides is 3. The molecule has 164 valence electrons. The summed E-state index contributed by atoms with van der Waals surface area (Å²) in [6.07, 6.45) is 3.18. The number of hydrogen-bond donors (Lipinski definition) is 2. The molecule has 0 aliphatic carbocycles. The maximum Gasteiger partial charge on any atom is 0.325 e. The lowest BCUT2D eigenvalue weighted by molar-refractivity contribution is -0.127. The molecule has 4 rings (SSSR count). The number of benzene rings is 2. The van der Waals surface area contributed by atoms with Gasteiger partial charge in [-0.15, -0.1) is 0 Å². The van der Waals surface area contributed by atoms with Gasteiger partial charge in [0.1, 0.15) is 0 Å². The molecule has 0 aromatic heterocycles. The Hall–Kier alpha value is -3.65. The number of halogens is 1. The number of imide groups is 1. The van der Waals surface area contributed by atoms with Crippen molar-refractivity contribution in [2.45, 2.75) is 25.7 Å². The van der Waals surface area contributed by atoms with Gasteiger partial charge in [0.25, 0.3) is 5.91 Å². The zero-order chi connectivity index (χ0) is 22.7. The van der Waals surface area contributed by atoms with Crippen LogP contribution in [0.5, 0.6) is 0 Å². The first-order valence-electron chi connectivity index (χ1n) is 10.1. The molecule has 32 heavy (non-hydrogen) atoms. The van der Waals surface area contributed by atoms with Crippen LogP contribution in [0.3, 0.4) is 0 Å². The predicted octanol–water partition coefficient (Wildman–Crippen LogP) is 3.07. The van der Waals surface area contributed by atoms with E-state index in [9.17, 15) is 9.59 Å². The molecule has 0 radical (unpaired) electrons. The fourth-order valence-electron chi connectivity index (χ4n) is 3.56. The first kappa shape index (κ1) is 21.6. The molecular formula is C23H23ClN6O2. The number of hydrazone groups is 1. The highest BCUT2D eigenvalue weighted by Gasteiger charge is 2.48. The van der Waals surface area contributed by atoms with Gasteiger partial charge >= 0.3 is 6.03 Å². The van der Waals surface area contributed by atoms with Gasteiger partial charge in [-0.25, -0.2) is 15.2 Å². The summed E-state index contributed by atoms with van der Waals surface area (Å²) in [5.74, 6) is -0.0144. The Kier molecular flexibility index (Phi) is 6.23. The van der Waals surface area contributed by atoms with E-state index in [1.807, 2.05) is 67.6 Å². The van der Waals surface area contributed by atoms with Crippen molar-refractivity contribution < 1.29 is 9.59 Å².